The van der Waals surface area contributed by atoms with Gasteiger partial charge in [0.2, 0.25) is 0 Å². The average Bonchev–Trinajstić information content (AvgIpc) is 3.58. The lowest BCUT2D eigenvalue weighted by atomic mass is 9.86. The first kappa shape index (κ1) is 47.2. The molecule has 10 aromatic carbocycles. The number of para-hydroxylation sites is 8. The van der Waals surface area contributed by atoms with Crippen LogP contribution in [0.4, 0.5) is 34.1 Å². The molecule has 0 bridgehead atoms. The molecule has 6 heteroatoms. The third-order valence-corrected chi connectivity index (χ3v) is 17.4. The highest BCUT2D eigenvalue weighted by atomic mass is 16.3. The molecule has 0 saturated carbocycles. The number of aryl methyl sites for hydroxylation is 1. The van der Waals surface area contributed by atoms with Crippen LogP contribution in [0, 0.1) is 6.92 Å². The van der Waals surface area contributed by atoms with E-state index in [1.165, 1.54) is 60.3 Å². The third-order valence-electron chi connectivity index (χ3n) is 17.4. The number of rotatable bonds is 7. The molecular formula is C75H58N4O2. The second-order valence-electron chi connectivity index (χ2n) is 24.1. The topological polar surface area (TPSA) is 41.6 Å². The SMILES string of the molecule is C=c1/c(=C\c2c(C)n3c4cccc(N(c5ccccc5)c5cccc6c5oc5c(C(C)(C)C)cccc56)c4c4cccc2c43)n2c3cccc(N(c4ccccc4)c4cccc5c4oc4c(C(C)(C)C)cccc45)c3c3cccc1c32. The predicted molar refractivity (Wildman–Crippen MR) is 342 cm³/mol. The van der Waals surface area contributed by atoms with Gasteiger partial charge in [-0.1, -0.05) is 194 Å². The lowest BCUT2D eigenvalue weighted by Gasteiger charge is -2.26. The maximum atomic E-state index is 7.10. The Balaban J connectivity index is 0.917. The number of hydrogen-bond acceptors (Lipinski definition) is 4. The van der Waals surface area contributed by atoms with E-state index in [0.717, 1.165) is 105 Å². The summed E-state index contributed by atoms with van der Waals surface area (Å²) < 4.78 is 19.2. The Morgan fingerprint density at radius 2 is 0.765 bits per heavy atom. The summed E-state index contributed by atoms with van der Waals surface area (Å²) >= 11 is 0. The highest BCUT2D eigenvalue weighted by Gasteiger charge is 2.30. The van der Waals surface area contributed by atoms with Gasteiger partial charge in [0.15, 0.2) is 11.2 Å². The standard InChI is InChI=1S/C75H58N4O2/c1-44-48-27-15-33-54-67-61(78(47-25-13-10-14-26-47)64-42-20-32-53-51-30-18-36-58(75(6,7)8)71(51)81-73(53)64)39-22-40-62(67)79(68(48)54)65(44)43-56-45(2)76-59-37-21-38-60(66(59)55-34-16-28-49(56)69(55)76)77(46-23-11-9-12-24-46)63-41-19-31-52-50-29-17-35-57(74(3,4)5)70(50)80-72(52)63/h9-43H,1H2,2-8H3/b65-43+. The molecule has 0 unspecified atom stereocenters. The molecule has 0 atom stereocenters. The molecule has 16 rings (SSSR count). The number of anilines is 6. The monoisotopic (exact) mass is 1050 g/mol. The van der Waals surface area contributed by atoms with Crippen LogP contribution in [0.5, 0.6) is 0 Å². The lowest BCUT2D eigenvalue weighted by Crippen LogP contribution is -2.24. The number of fused-ring (bicyclic) bond motifs is 12. The van der Waals surface area contributed by atoms with Crippen molar-refractivity contribution in [2.45, 2.75) is 59.3 Å². The van der Waals surface area contributed by atoms with Crippen molar-refractivity contribution in [1.29, 1.82) is 0 Å². The van der Waals surface area contributed by atoms with Gasteiger partial charge in [0.25, 0.3) is 0 Å². The first-order chi connectivity index (χ1) is 39.3. The normalized spacial score (nSPS) is 13.0. The summed E-state index contributed by atoms with van der Waals surface area (Å²) in [5.74, 6) is 0. The Labute approximate surface area is 468 Å². The largest absolute Gasteiger partial charge is 0.454 e. The molecule has 390 valence electrons. The summed E-state index contributed by atoms with van der Waals surface area (Å²) in [6.07, 6.45) is 2.40. The molecule has 6 nitrogen and oxygen atoms in total. The number of benzene rings is 10. The number of aromatic nitrogens is 2. The van der Waals surface area contributed by atoms with Crippen molar-refractivity contribution < 1.29 is 8.83 Å². The van der Waals surface area contributed by atoms with Crippen molar-refractivity contribution in [3.8, 4) is 0 Å². The molecule has 6 heterocycles. The van der Waals surface area contributed by atoms with Gasteiger partial charge in [-0.05, 0) is 84.5 Å². The zero-order valence-electron chi connectivity index (χ0n) is 46.5. The fourth-order valence-corrected chi connectivity index (χ4v) is 13.8. The van der Waals surface area contributed by atoms with Gasteiger partial charge in [-0.25, -0.2) is 0 Å². The van der Waals surface area contributed by atoms with E-state index >= 15 is 0 Å². The van der Waals surface area contributed by atoms with E-state index in [9.17, 15) is 0 Å². The Bertz CT molecular complexity index is 5350. The van der Waals surface area contributed by atoms with Crippen molar-refractivity contribution in [3.05, 3.63) is 239 Å². The van der Waals surface area contributed by atoms with Crippen LogP contribution in [-0.2, 0) is 10.8 Å². The van der Waals surface area contributed by atoms with Crippen LogP contribution >= 0.6 is 0 Å². The minimum atomic E-state index is -0.100. The molecule has 0 spiro atoms. The first-order valence-corrected chi connectivity index (χ1v) is 28.2. The van der Waals surface area contributed by atoms with Crippen molar-refractivity contribution >= 4 is 145 Å². The van der Waals surface area contributed by atoms with E-state index in [0.29, 0.717) is 0 Å². The molecule has 0 aliphatic carbocycles. The van der Waals surface area contributed by atoms with Gasteiger partial charge in [-0.15, -0.1) is 0 Å². The number of hydrogen-bond donors (Lipinski definition) is 0. The van der Waals surface area contributed by atoms with E-state index in [1.54, 1.807) is 0 Å². The summed E-state index contributed by atoms with van der Waals surface area (Å²) in [5.41, 5.74) is 19.0. The molecule has 6 aromatic heterocycles. The molecule has 16 aromatic rings. The second-order valence-corrected chi connectivity index (χ2v) is 24.1. The molecule has 0 radical (unpaired) electrons. The minimum absolute atomic E-state index is 0.0957. The van der Waals surface area contributed by atoms with Gasteiger partial charge >= 0.3 is 0 Å². The Hall–Kier alpha value is -9.78. The zero-order chi connectivity index (χ0) is 54.8. The van der Waals surface area contributed by atoms with Crippen LogP contribution in [-0.4, -0.2) is 8.80 Å². The van der Waals surface area contributed by atoms with Gasteiger partial charge in [-0.3, -0.25) is 0 Å². The van der Waals surface area contributed by atoms with Crippen LogP contribution in [0.2, 0.25) is 0 Å². The Morgan fingerprint density at radius 3 is 1.26 bits per heavy atom. The van der Waals surface area contributed by atoms with E-state index in [4.69, 9.17) is 15.4 Å². The van der Waals surface area contributed by atoms with E-state index in [2.05, 4.69) is 279 Å². The van der Waals surface area contributed by atoms with Crippen molar-refractivity contribution in [2.75, 3.05) is 9.80 Å². The molecule has 0 aliphatic heterocycles. The predicted octanol–water partition coefficient (Wildman–Crippen LogP) is 19.6. The Morgan fingerprint density at radius 1 is 0.383 bits per heavy atom. The molecule has 0 aliphatic rings. The van der Waals surface area contributed by atoms with Gasteiger partial charge in [-0.2, -0.15) is 0 Å². The van der Waals surface area contributed by atoms with Crippen molar-refractivity contribution in [3.63, 3.8) is 0 Å². The molecular weight excluding hydrogens is 989 g/mol. The third kappa shape index (κ3) is 6.62. The van der Waals surface area contributed by atoms with Gasteiger partial charge in [0, 0.05) is 92.8 Å². The maximum absolute atomic E-state index is 7.10. The summed E-state index contributed by atoms with van der Waals surface area (Å²) in [6.45, 7) is 20.7. The summed E-state index contributed by atoms with van der Waals surface area (Å²) in [4.78, 5) is 4.80. The zero-order valence-corrected chi connectivity index (χ0v) is 46.5. The number of nitrogens with zero attached hydrogens (tertiary/aromatic N) is 4. The highest BCUT2D eigenvalue weighted by molar-refractivity contribution is 6.24. The summed E-state index contributed by atoms with van der Waals surface area (Å²) in [7, 11) is 0. The van der Waals surface area contributed by atoms with E-state index < -0.39 is 0 Å². The molecule has 81 heavy (non-hydrogen) atoms. The van der Waals surface area contributed by atoms with Crippen LogP contribution in [0.15, 0.2) is 215 Å². The highest BCUT2D eigenvalue weighted by Crippen LogP contribution is 2.51. The lowest BCUT2D eigenvalue weighted by molar-refractivity contribution is 0.572. The number of furan rings is 2. The molecule has 0 N–H and O–H groups in total. The van der Waals surface area contributed by atoms with Crippen LogP contribution in [0.25, 0.3) is 111 Å². The van der Waals surface area contributed by atoms with Crippen LogP contribution < -0.4 is 20.4 Å². The molecule has 0 fully saturated rings. The van der Waals surface area contributed by atoms with E-state index in [-0.39, 0.29) is 10.8 Å². The fourth-order valence-electron chi connectivity index (χ4n) is 13.8. The molecule has 0 saturated heterocycles. The average molecular weight is 1050 g/mol. The van der Waals surface area contributed by atoms with Crippen LogP contribution in [0.1, 0.15) is 63.9 Å². The molecule has 0 amide bonds. The first-order valence-electron chi connectivity index (χ1n) is 28.2. The fraction of sp³-hybridized carbons (Fsp3) is 0.120. The Kier molecular flexibility index (Phi) is 9.84. The van der Waals surface area contributed by atoms with Gasteiger partial charge in [0.1, 0.15) is 11.2 Å². The minimum Gasteiger partial charge on any atom is -0.454 e. The maximum Gasteiger partial charge on any atom is 0.159 e. The smallest absolute Gasteiger partial charge is 0.159 e. The summed E-state index contributed by atoms with van der Waals surface area (Å²) in [6, 6.07) is 74.8. The van der Waals surface area contributed by atoms with Crippen molar-refractivity contribution in [1.82, 2.24) is 8.80 Å². The quantitative estimate of drug-likeness (QED) is 0.160. The van der Waals surface area contributed by atoms with E-state index in [1.807, 2.05) is 0 Å². The van der Waals surface area contributed by atoms with Crippen molar-refractivity contribution in [2.24, 2.45) is 0 Å². The second kappa shape index (κ2) is 16.9. The summed E-state index contributed by atoms with van der Waals surface area (Å²) in [5, 5.41) is 13.6. The van der Waals surface area contributed by atoms with Gasteiger partial charge in [0.05, 0.1) is 50.2 Å². The van der Waals surface area contributed by atoms with Crippen LogP contribution in [0.3, 0.4) is 0 Å². The van der Waals surface area contributed by atoms with Gasteiger partial charge < -0.3 is 27.4 Å².